The third kappa shape index (κ3) is 1.90. The molecule has 1 atom stereocenters. The summed E-state index contributed by atoms with van der Waals surface area (Å²) in [7, 11) is 0. The van der Waals surface area contributed by atoms with E-state index in [1.54, 1.807) is 29.4 Å². The highest BCUT2D eigenvalue weighted by molar-refractivity contribution is 7.99. The van der Waals surface area contributed by atoms with E-state index in [-0.39, 0.29) is 5.37 Å². The van der Waals surface area contributed by atoms with Crippen LogP contribution in [0.2, 0.25) is 0 Å². The average Bonchev–Trinajstić information content (AvgIpc) is 2.75. The zero-order chi connectivity index (χ0) is 12.5. The predicted octanol–water partition coefficient (Wildman–Crippen LogP) is 4.08. The third-order valence-electron chi connectivity index (χ3n) is 2.71. The summed E-state index contributed by atoms with van der Waals surface area (Å²) in [5, 5.41) is 3.37. The Balaban J connectivity index is 2.19. The van der Waals surface area contributed by atoms with E-state index in [2.05, 4.69) is 33.3 Å². The summed E-state index contributed by atoms with van der Waals surface area (Å²) < 4.78 is 2.92. The molecule has 92 valence electrons. The van der Waals surface area contributed by atoms with Gasteiger partial charge < -0.3 is 5.32 Å². The highest BCUT2D eigenvalue weighted by Crippen LogP contribution is 2.41. The number of nitrogens with one attached hydrogen (secondary N) is 1. The normalized spacial score (nSPS) is 17.3. The summed E-state index contributed by atoms with van der Waals surface area (Å²) in [5.74, 6) is 1.05. The van der Waals surface area contributed by atoms with Crippen molar-refractivity contribution in [3.8, 4) is 5.69 Å². The molecule has 1 N–H and O–H groups in total. The lowest BCUT2D eigenvalue weighted by Crippen LogP contribution is -2.10. The van der Waals surface area contributed by atoms with Gasteiger partial charge >= 0.3 is 0 Å². The second-order valence-corrected chi connectivity index (χ2v) is 6.36. The zero-order valence-corrected chi connectivity index (χ0v) is 12.1. The first-order valence-electron chi connectivity index (χ1n) is 5.43. The first-order valence-corrected chi connectivity index (χ1v) is 7.94. The zero-order valence-electron chi connectivity index (χ0n) is 9.66. The van der Waals surface area contributed by atoms with E-state index < -0.39 is 0 Å². The van der Waals surface area contributed by atoms with E-state index in [1.807, 2.05) is 18.2 Å². The lowest BCUT2D eigenvalue weighted by molar-refractivity contribution is 1.00. The van der Waals surface area contributed by atoms with Crippen LogP contribution in [0.15, 0.2) is 35.3 Å². The SMILES string of the molecule is CSC1N=CNc2c1sc(=S)n2-c1ccccc1. The fourth-order valence-corrected chi connectivity index (χ4v) is 4.20. The summed E-state index contributed by atoms with van der Waals surface area (Å²) in [5.41, 5.74) is 1.09. The van der Waals surface area contributed by atoms with Crippen LogP contribution in [0.3, 0.4) is 0 Å². The number of para-hydroxylation sites is 1. The van der Waals surface area contributed by atoms with Crippen LogP contribution < -0.4 is 5.32 Å². The molecule has 0 saturated heterocycles. The number of hydrogen-bond donors (Lipinski definition) is 1. The van der Waals surface area contributed by atoms with Gasteiger partial charge in [0.15, 0.2) is 3.95 Å². The van der Waals surface area contributed by atoms with Crippen molar-refractivity contribution in [2.75, 3.05) is 11.6 Å². The average molecular weight is 293 g/mol. The first kappa shape index (κ1) is 12.0. The molecule has 6 heteroatoms. The topological polar surface area (TPSA) is 29.3 Å². The van der Waals surface area contributed by atoms with Gasteiger partial charge in [0.1, 0.15) is 11.2 Å². The van der Waals surface area contributed by atoms with Crippen LogP contribution in [-0.4, -0.2) is 17.2 Å². The molecule has 1 aromatic carbocycles. The van der Waals surface area contributed by atoms with Crippen molar-refractivity contribution in [2.45, 2.75) is 5.37 Å². The van der Waals surface area contributed by atoms with E-state index in [1.165, 1.54) is 4.88 Å². The van der Waals surface area contributed by atoms with Crippen LogP contribution in [0.5, 0.6) is 0 Å². The van der Waals surface area contributed by atoms with Gasteiger partial charge in [0.05, 0.1) is 11.2 Å². The molecular weight excluding hydrogens is 282 g/mol. The summed E-state index contributed by atoms with van der Waals surface area (Å²) >= 11 is 8.82. The monoisotopic (exact) mass is 293 g/mol. The van der Waals surface area contributed by atoms with Gasteiger partial charge in [0.2, 0.25) is 0 Å². The van der Waals surface area contributed by atoms with Gasteiger partial charge in [-0.1, -0.05) is 18.2 Å². The second kappa shape index (κ2) is 4.87. The molecule has 1 aliphatic rings. The van der Waals surface area contributed by atoms with Gasteiger partial charge in [-0.2, -0.15) is 0 Å². The Morgan fingerprint density at radius 1 is 1.39 bits per heavy atom. The van der Waals surface area contributed by atoms with E-state index in [0.717, 1.165) is 15.5 Å². The first-order chi connectivity index (χ1) is 8.81. The minimum Gasteiger partial charge on any atom is -0.331 e. The maximum absolute atomic E-state index is 5.48. The molecule has 0 radical (unpaired) electrons. The van der Waals surface area contributed by atoms with Crippen molar-refractivity contribution in [3.63, 3.8) is 0 Å². The standard InChI is InChI=1S/C12H11N3S3/c1-17-11-9-10(13-7-14-11)15(12(16)18-9)8-5-3-2-4-6-8/h2-7,11H,1H3,(H,13,14). The Morgan fingerprint density at radius 2 is 2.17 bits per heavy atom. The predicted molar refractivity (Wildman–Crippen MR) is 82.9 cm³/mol. The molecule has 0 fully saturated rings. The number of rotatable bonds is 2. The van der Waals surface area contributed by atoms with E-state index >= 15 is 0 Å². The van der Waals surface area contributed by atoms with Crippen LogP contribution in [0, 0.1) is 3.95 Å². The molecule has 1 unspecified atom stereocenters. The van der Waals surface area contributed by atoms with Crippen molar-refractivity contribution in [1.82, 2.24) is 4.57 Å². The Bertz CT molecular complexity index is 642. The van der Waals surface area contributed by atoms with Crippen LogP contribution >= 0.6 is 35.3 Å². The van der Waals surface area contributed by atoms with Crippen molar-refractivity contribution >= 4 is 47.5 Å². The van der Waals surface area contributed by atoms with Gasteiger partial charge in [-0.25, -0.2) is 0 Å². The number of nitrogens with zero attached hydrogens (tertiary/aromatic N) is 2. The summed E-state index contributed by atoms with van der Waals surface area (Å²) in [4.78, 5) is 5.61. The molecule has 0 spiro atoms. The summed E-state index contributed by atoms with van der Waals surface area (Å²) in [6, 6.07) is 10.2. The Labute approximate surface area is 119 Å². The van der Waals surface area contributed by atoms with Crippen molar-refractivity contribution < 1.29 is 0 Å². The van der Waals surface area contributed by atoms with Gasteiger partial charge in [-0.05, 0) is 30.6 Å². The van der Waals surface area contributed by atoms with E-state index in [0.29, 0.717) is 0 Å². The molecule has 0 saturated carbocycles. The Hall–Kier alpha value is -1.11. The summed E-state index contributed by atoms with van der Waals surface area (Å²) in [6.07, 6.45) is 3.82. The number of fused-ring (bicyclic) bond motifs is 1. The third-order valence-corrected chi connectivity index (χ3v) is 5.09. The van der Waals surface area contributed by atoms with Gasteiger partial charge in [0, 0.05) is 5.69 Å². The van der Waals surface area contributed by atoms with E-state index in [9.17, 15) is 0 Å². The molecule has 0 aliphatic carbocycles. The number of anilines is 1. The minimum absolute atomic E-state index is 0.151. The quantitative estimate of drug-likeness (QED) is 0.846. The molecule has 1 aliphatic heterocycles. The number of thioether (sulfide) groups is 1. The molecule has 1 aromatic heterocycles. The van der Waals surface area contributed by atoms with Crippen molar-refractivity contribution in [2.24, 2.45) is 4.99 Å². The smallest absolute Gasteiger partial charge is 0.167 e. The highest BCUT2D eigenvalue weighted by atomic mass is 32.2. The molecule has 0 amide bonds. The molecule has 3 nitrogen and oxygen atoms in total. The number of aromatic nitrogens is 1. The van der Waals surface area contributed by atoms with Crippen LogP contribution in [0.1, 0.15) is 10.3 Å². The maximum atomic E-state index is 5.48. The highest BCUT2D eigenvalue weighted by Gasteiger charge is 2.23. The molecule has 18 heavy (non-hydrogen) atoms. The van der Waals surface area contributed by atoms with Crippen molar-refractivity contribution in [1.29, 1.82) is 0 Å². The van der Waals surface area contributed by atoms with Crippen LogP contribution in [0.4, 0.5) is 5.82 Å². The fourth-order valence-electron chi connectivity index (χ4n) is 1.91. The van der Waals surface area contributed by atoms with E-state index in [4.69, 9.17) is 12.2 Å². The number of thiazole rings is 1. The lowest BCUT2D eigenvalue weighted by atomic mass is 10.3. The summed E-state index contributed by atoms with van der Waals surface area (Å²) in [6.45, 7) is 0. The Morgan fingerprint density at radius 3 is 2.89 bits per heavy atom. The second-order valence-electron chi connectivity index (χ2n) is 3.76. The fraction of sp³-hybridized carbons (Fsp3) is 0.167. The molecular formula is C12H11N3S3. The lowest BCUT2D eigenvalue weighted by Gasteiger charge is -2.17. The number of hydrogen-bond acceptors (Lipinski definition) is 5. The number of benzene rings is 1. The molecule has 3 rings (SSSR count). The molecule has 2 heterocycles. The molecule has 2 aromatic rings. The number of aliphatic imine (C=N–C) groups is 1. The van der Waals surface area contributed by atoms with Crippen molar-refractivity contribution in [3.05, 3.63) is 39.2 Å². The minimum atomic E-state index is 0.151. The van der Waals surface area contributed by atoms with Gasteiger partial charge in [0.25, 0.3) is 0 Å². The van der Waals surface area contributed by atoms with Gasteiger partial charge in [-0.15, -0.1) is 23.1 Å². The van der Waals surface area contributed by atoms with Gasteiger partial charge in [-0.3, -0.25) is 9.56 Å². The van der Waals surface area contributed by atoms with Crippen LogP contribution in [-0.2, 0) is 0 Å². The molecule has 0 bridgehead atoms. The van der Waals surface area contributed by atoms with Crippen LogP contribution in [0.25, 0.3) is 5.69 Å². The maximum Gasteiger partial charge on any atom is 0.167 e. The largest absolute Gasteiger partial charge is 0.331 e. The Kier molecular flexibility index (Phi) is 3.23.